The van der Waals surface area contributed by atoms with Crippen LogP contribution in [0.15, 0.2) is 59.8 Å². The number of aromatic nitrogens is 2. The lowest BCUT2D eigenvalue weighted by molar-refractivity contribution is -0.143. The fourth-order valence-electron chi connectivity index (χ4n) is 3.50. The van der Waals surface area contributed by atoms with Crippen molar-refractivity contribution in [1.82, 2.24) is 9.55 Å². The van der Waals surface area contributed by atoms with Gasteiger partial charge in [0.2, 0.25) is 5.95 Å². The van der Waals surface area contributed by atoms with Crippen molar-refractivity contribution < 1.29 is 9.53 Å². The number of allylic oxidation sites excluding steroid dienone is 1. The highest BCUT2D eigenvalue weighted by molar-refractivity contribution is 6.30. The number of para-hydroxylation sites is 2. The van der Waals surface area contributed by atoms with E-state index in [1.807, 2.05) is 73.9 Å². The number of nitrogens with zero attached hydrogens (tertiary/aromatic N) is 2. The van der Waals surface area contributed by atoms with Gasteiger partial charge in [0.1, 0.15) is 0 Å². The van der Waals surface area contributed by atoms with Crippen molar-refractivity contribution in [3.63, 3.8) is 0 Å². The first-order valence-electron chi connectivity index (χ1n) is 8.87. The Hall–Kier alpha value is -2.79. The van der Waals surface area contributed by atoms with E-state index in [0.29, 0.717) is 16.5 Å². The summed E-state index contributed by atoms with van der Waals surface area (Å²) in [5.74, 6) is 0.350. The topological polar surface area (TPSA) is 56.2 Å². The molecule has 6 heteroatoms. The highest BCUT2D eigenvalue weighted by Crippen LogP contribution is 2.40. The molecule has 2 aromatic carbocycles. The lowest BCUT2D eigenvalue weighted by atomic mass is 9.95. The zero-order valence-electron chi connectivity index (χ0n) is 15.4. The van der Waals surface area contributed by atoms with Gasteiger partial charge in [0.15, 0.2) is 0 Å². The first-order valence-corrected chi connectivity index (χ1v) is 9.24. The number of carbonyl (C=O) groups excluding carboxylic acids is 1. The van der Waals surface area contributed by atoms with Gasteiger partial charge in [0.05, 0.1) is 28.8 Å². The smallest absolute Gasteiger partial charge is 0.338 e. The third kappa shape index (κ3) is 3.08. The molecule has 1 aliphatic rings. The van der Waals surface area contributed by atoms with Gasteiger partial charge in [-0.1, -0.05) is 35.9 Å². The molecule has 2 heterocycles. The minimum absolute atomic E-state index is 0.210. The molecule has 27 heavy (non-hydrogen) atoms. The van der Waals surface area contributed by atoms with Crippen LogP contribution in [0.5, 0.6) is 0 Å². The second-order valence-electron chi connectivity index (χ2n) is 6.87. The van der Waals surface area contributed by atoms with Crippen LogP contribution < -0.4 is 5.32 Å². The Morgan fingerprint density at radius 2 is 2.00 bits per heavy atom. The van der Waals surface area contributed by atoms with Crippen molar-refractivity contribution >= 4 is 34.6 Å². The van der Waals surface area contributed by atoms with Crippen molar-refractivity contribution in [2.75, 3.05) is 5.32 Å². The number of carbonyl (C=O) groups is 1. The third-order valence-electron chi connectivity index (χ3n) is 4.56. The van der Waals surface area contributed by atoms with Crippen LogP contribution in [0.4, 0.5) is 5.95 Å². The zero-order valence-corrected chi connectivity index (χ0v) is 16.1. The van der Waals surface area contributed by atoms with E-state index in [1.165, 1.54) is 0 Å². The van der Waals surface area contributed by atoms with Crippen molar-refractivity contribution in [2.24, 2.45) is 0 Å². The van der Waals surface area contributed by atoms with E-state index in [1.54, 1.807) is 0 Å². The maximum absolute atomic E-state index is 13.0. The van der Waals surface area contributed by atoms with Crippen LogP contribution in [0.2, 0.25) is 5.02 Å². The summed E-state index contributed by atoms with van der Waals surface area (Å²) < 4.78 is 7.57. The number of imidazole rings is 1. The Morgan fingerprint density at radius 1 is 1.22 bits per heavy atom. The molecule has 0 spiro atoms. The summed E-state index contributed by atoms with van der Waals surface area (Å²) >= 11 is 6.26. The first kappa shape index (κ1) is 17.6. The normalized spacial score (nSPS) is 16.4. The molecule has 3 aromatic rings. The van der Waals surface area contributed by atoms with Crippen LogP contribution in [0.1, 0.15) is 32.4 Å². The number of hydrogen-bond donors (Lipinski definition) is 1. The summed E-state index contributed by atoms with van der Waals surface area (Å²) in [5, 5.41) is 3.88. The summed E-state index contributed by atoms with van der Waals surface area (Å²) in [7, 11) is 0. The summed E-state index contributed by atoms with van der Waals surface area (Å²) in [6.07, 6.45) is -0.210. The number of rotatable bonds is 3. The molecule has 1 N–H and O–H groups in total. The van der Waals surface area contributed by atoms with Gasteiger partial charge in [0, 0.05) is 10.7 Å². The Morgan fingerprint density at radius 3 is 2.74 bits per heavy atom. The van der Waals surface area contributed by atoms with Crippen LogP contribution in [0.3, 0.4) is 0 Å². The summed E-state index contributed by atoms with van der Waals surface area (Å²) in [4.78, 5) is 17.7. The molecule has 1 unspecified atom stereocenters. The minimum Gasteiger partial charge on any atom is -0.459 e. The van der Waals surface area contributed by atoms with E-state index in [0.717, 1.165) is 22.3 Å². The lowest BCUT2D eigenvalue weighted by Gasteiger charge is -2.30. The quantitative estimate of drug-likeness (QED) is 0.653. The number of ether oxygens (including phenoxy) is 1. The largest absolute Gasteiger partial charge is 0.459 e. The van der Waals surface area contributed by atoms with Gasteiger partial charge >= 0.3 is 5.97 Å². The highest BCUT2D eigenvalue weighted by atomic mass is 35.5. The molecule has 0 aliphatic carbocycles. The molecule has 0 saturated heterocycles. The number of esters is 1. The molecule has 138 valence electrons. The Labute approximate surface area is 162 Å². The molecule has 1 aliphatic heterocycles. The molecule has 1 atom stereocenters. The van der Waals surface area contributed by atoms with Crippen molar-refractivity contribution in [2.45, 2.75) is 32.9 Å². The van der Waals surface area contributed by atoms with Crippen LogP contribution in [0, 0.1) is 0 Å². The number of anilines is 1. The molecule has 0 amide bonds. The van der Waals surface area contributed by atoms with Gasteiger partial charge in [-0.15, -0.1) is 0 Å². The lowest BCUT2D eigenvalue weighted by Crippen LogP contribution is -2.30. The summed E-state index contributed by atoms with van der Waals surface area (Å²) in [5.41, 5.74) is 3.99. The fraction of sp³-hybridized carbons (Fsp3) is 0.238. The van der Waals surface area contributed by atoms with Gasteiger partial charge in [-0.2, -0.15) is 0 Å². The van der Waals surface area contributed by atoms with Crippen LogP contribution in [-0.2, 0) is 9.53 Å². The molecule has 5 nitrogen and oxygen atoms in total. The predicted molar refractivity (Wildman–Crippen MR) is 107 cm³/mol. The zero-order chi connectivity index (χ0) is 19.1. The monoisotopic (exact) mass is 381 g/mol. The maximum atomic E-state index is 13.0. The van der Waals surface area contributed by atoms with Gasteiger partial charge in [-0.3, -0.25) is 4.57 Å². The third-order valence-corrected chi connectivity index (χ3v) is 4.79. The maximum Gasteiger partial charge on any atom is 0.338 e. The minimum atomic E-state index is -0.376. The van der Waals surface area contributed by atoms with Crippen LogP contribution >= 0.6 is 11.6 Å². The van der Waals surface area contributed by atoms with E-state index in [4.69, 9.17) is 16.3 Å². The predicted octanol–water partition coefficient (Wildman–Crippen LogP) is 4.93. The summed E-state index contributed by atoms with van der Waals surface area (Å²) in [6, 6.07) is 15.0. The van der Waals surface area contributed by atoms with Gasteiger partial charge in [-0.25, -0.2) is 9.78 Å². The molecule has 0 saturated carbocycles. The van der Waals surface area contributed by atoms with Gasteiger partial charge in [0.25, 0.3) is 0 Å². The molecule has 0 bridgehead atoms. The highest BCUT2D eigenvalue weighted by Gasteiger charge is 2.35. The number of halogens is 1. The van der Waals surface area contributed by atoms with Gasteiger partial charge in [-0.05, 0) is 50.6 Å². The SMILES string of the molecule is CC1=C(C(=O)OC(C)C)C(c2cccc(Cl)c2)n2c(nc3ccccc32)N1. The van der Waals surface area contributed by atoms with Crippen LogP contribution in [0.25, 0.3) is 11.0 Å². The molecule has 4 rings (SSSR count). The van der Waals surface area contributed by atoms with E-state index < -0.39 is 0 Å². The van der Waals surface area contributed by atoms with Crippen molar-refractivity contribution in [3.05, 3.63) is 70.4 Å². The molecular formula is C21H20ClN3O2. The number of nitrogens with one attached hydrogen (secondary N) is 1. The average Bonchev–Trinajstić information content (AvgIpc) is 2.97. The number of benzene rings is 2. The molecule has 1 aromatic heterocycles. The van der Waals surface area contributed by atoms with E-state index in [9.17, 15) is 4.79 Å². The van der Waals surface area contributed by atoms with Gasteiger partial charge < -0.3 is 10.1 Å². The Kier molecular flexibility index (Phi) is 4.40. The van der Waals surface area contributed by atoms with Crippen LogP contribution in [-0.4, -0.2) is 21.6 Å². The Bertz CT molecular complexity index is 1070. The second kappa shape index (κ2) is 6.74. The van der Waals surface area contributed by atoms with E-state index >= 15 is 0 Å². The Balaban J connectivity index is 1.97. The molecule has 0 fully saturated rings. The van der Waals surface area contributed by atoms with Crippen molar-refractivity contribution in [1.29, 1.82) is 0 Å². The van der Waals surface area contributed by atoms with E-state index in [2.05, 4.69) is 10.3 Å². The average molecular weight is 382 g/mol. The summed E-state index contributed by atoms with van der Waals surface area (Å²) in [6.45, 7) is 5.56. The fourth-order valence-corrected chi connectivity index (χ4v) is 3.70. The number of hydrogen-bond acceptors (Lipinski definition) is 4. The van der Waals surface area contributed by atoms with E-state index in [-0.39, 0.29) is 18.1 Å². The standard InChI is InChI=1S/C21H20ClN3O2/c1-12(2)27-20(26)18-13(3)23-21-24-16-9-4-5-10-17(16)25(21)19(18)14-7-6-8-15(22)11-14/h4-12,19H,1-3H3,(H,23,24). The second-order valence-corrected chi connectivity index (χ2v) is 7.31. The first-order chi connectivity index (χ1) is 13.0. The van der Waals surface area contributed by atoms with Crippen molar-refractivity contribution in [3.8, 4) is 0 Å². The number of fused-ring (bicyclic) bond motifs is 3. The molecule has 0 radical (unpaired) electrons. The molecular weight excluding hydrogens is 362 g/mol.